The third-order valence-electron chi connectivity index (χ3n) is 6.17. The van der Waals surface area contributed by atoms with Gasteiger partial charge in [0, 0.05) is 12.6 Å². The highest BCUT2D eigenvalue weighted by atomic mass is 19.1. The van der Waals surface area contributed by atoms with E-state index >= 15 is 0 Å². The second kappa shape index (κ2) is 10.9. The molecule has 1 heterocycles. The molecule has 1 saturated carbocycles. The smallest absolute Gasteiger partial charge is 0.290 e. The van der Waals surface area contributed by atoms with Gasteiger partial charge in [0.1, 0.15) is 11.9 Å². The summed E-state index contributed by atoms with van der Waals surface area (Å²) in [7, 11) is 0. The van der Waals surface area contributed by atoms with Crippen molar-refractivity contribution < 1.29 is 18.4 Å². The molecule has 6 heteroatoms. The van der Waals surface area contributed by atoms with Crippen LogP contribution in [0.1, 0.15) is 59.8 Å². The minimum absolute atomic E-state index is 0.0869. The number of benzene rings is 2. The predicted octanol–water partition coefficient (Wildman–Crippen LogP) is 5.29. The van der Waals surface area contributed by atoms with Gasteiger partial charge >= 0.3 is 0 Å². The minimum Gasteiger partial charge on any atom is -0.459 e. The summed E-state index contributed by atoms with van der Waals surface area (Å²) in [6, 6.07) is 18.0. The molecule has 172 valence electrons. The minimum atomic E-state index is -0.895. The normalized spacial score (nSPS) is 15.1. The number of carbonyl (C=O) groups excluding carboxylic acids is 2. The van der Waals surface area contributed by atoms with Crippen LogP contribution >= 0.6 is 0 Å². The summed E-state index contributed by atoms with van der Waals surface area (Å²) in [5, 5.41) is 3.15. The first-order chi connectivity index (χ1) is 16.1. The maximum atomic E-state index is 13.7. The Morgan fingerprint density at radius 3 is 2.36 bits per heavy atom. The average Bonchev–Trinajstić information content (AvgIpc) is 3.38. The van der Waals surface area contributed by atoms with E-state index in [0.717, 1.165) is 31.2 Å². The van der Waals surface area contributed by atoms with Crippen molar-refractivity contribution >= 4 is 11.8 Å². The van der Waals surface area contributed by atoms with Gasteiger partial charge in [0.15, 0.2) is 5.76 Å². The number of amides is 2. The molecule has 0 spiro atoms. The fourth-order valence-corrected chi connectivity index (χ4v) is 4.43. The summed E-state index contributed by atoms with van der Waals surface area (Å²) in [4.78, 5) is 28.6. The maximum absolute atomic E-state index is 13.7. The van der Waals surface area contributed by atoms with Crippen LogP contribution in [0.25, 0.3) is 0 Å². The van der Waals surface area contributed by atoms with Gasteiger partial charge in [0.2, 0.25) is 5.91 Å². The van der Waals surface area contributed by atoms with Gasteiger partial charge in [-0.1, -0.05) is 61.7 Å². The Labute approximate surface area is 193 Å². The Morgan fingerprint density at radius 1 is 0.970 bits per heavy atom. The Morgan fingerprint density at radius 2 is 1.70 bits per heavy atom. The van der Waals surface area contributed by atoms with Crippen molar-refractivity contribution in [1.82, 2.24) is 10.2 Å². The number of hydrogen-bond donors (Lipinski definition) is 1. The molecule has 33 heavy (non-hydrogen) atoms. The zero-order valence-electron chi connectivity index (χ0n) is 18.6. The molecule has 2 aromatic carbocycles. The highest BCUT2D eigenvalue weighted by molar-refractivity contribution is 5.96. The molecule has 1 aliphatic carbocycles. The second-order valence-corrected chi connectivity index (χ2v) is 8.51. The molecule has 0 aliphatic heterocycles. The Balaban J connectivity index is 1.66. The molecule has 1 aliphatic rings. The van der Waals surface area contributed by atoms with Gasteiger partial charge in [-0.25, -0.2) is 4.39 Å². The Hall–Kier alpha value is -3.41. The monoisotopic (exact) mass is 448 g/mol. The summed E-state index contributed by atoms with van der Waals surface area (Å²) in [6.07, 6.45) is 7.20. The van der Waals surface area contributed by atoms with Crippen molar-refractivity contribution in [1.29, 1.82) is 0 Å². The lowest BCUT2D eigenvalue weighted by molar-refractivity contribution is -0.126. The SMILES string of the molecule is O=C(NC1CCCCC1)[C@H](c1ccc(F)cc1)N(CCc1ccccc1)C(=O)c1ccco1. The van der Waals surface area contributed by atoms with Crippen molar-refractivity contribution in [3.05, 3.63) is 95.7 Å². The molecule has 1 atom stereocenters. The highest BCUT2D eigenvalue weighted by Gasteiger charge is 2.34. The number of halogens is 1. The van der Waals surface area contributed by atoms with E-state index in [1.165, 1.54) is 29.7 Å². The molecule has 5 nitrogen and oxygen atoms in total. The van der Waals surface area contributed by atoms with Crippen molar-refractivity contribution in [2.24, 2.45) is 0 Å². The molecule has 0 radical (unpaired) electrons. The zero-order chi connectivity index (χ0) is 23.0. The second-order valence-electron chi connectivity index (χ2n) is 8.51. The summed E-state index contributed by atoms with van der Waals surface area (Å²) in [5.41, 5.74) is 1.62. The topological polar surface area (TPSA) is 62.6 Å². The van der Waals surface area contributed by atoms with Crippen molar-refractivity contribution in [2.45, 2.75) is 50.6 Å². The van der Waals surface area contributed by atoms with E-state index in [0.29, 0.717) is 18.5 Å². The van der Waals surface area contributed by atoms with E-state index in [-0.39, 0.29) is 23.6 Å². The molecule has 0 unspecified atom stereocenters. The van der Waals surface area contributed by atoms with Crippen LogP contribution in [0.4, 0.5) is 4.39 Å². The van der Waals surface area contributed by atoms with Crippen LogP contribution in [0.2, 0.25) is 0 Å². The van der Waals surface area contributed by atoms with E-state index < -0.39 is 11.9 Å². The first-order valence-electron chi connectivity index (χ1n) is 11.6. The number of nitrogens with zero attached hydrogens (tertiary/aromatic N) is 1. The highest BCUT2D eigenvalue weighted by Crippen LogP contribution is 2.26. The number of furan rings is 1. The standard InChI is InChI=1S/C27H29FN2O3/c28-22-15-13-21(14-16-22)25(26(31)29-23-10-5-2-6-11-23)30(27(32)24-12-7-19-33-24)18-17-20-8-3-1-4-9-20/h1,3-4,7-9,12-16,19,23,25H,2,5-6,10-11,17-18H2,(H,29,31)/t25-/m0/s1. The number of rotatable bonds is 8. The van der Waals surface area contributed by atoms with E-state index in [2.05, 4.69) is 5.32 Å². The van der Waals surface area contributed by atoms with Gasteiger partial charge in [-0.2, -0.15) is 0 Å². The van der Waals surface area contributed by atoms with Gasteiger partial charge in [-0.05, 0) is 54.7 Å². The van der Waals surface area contributed by atoms with E-state index in [9.17, 15) is 14.0 Å². The summed E-state index contributed by atoms with van der Waals surface area (Å²) < 4.78 is 19.1. The number of carbonyl (C=O) groups is 2. The zero-order valence-corrected chi connectivity index (χ0v) is 18.6. The van der Waals surface area contributed by atoms with Crippen LogP contribution in [-0.4, -0.2) is 29.3 Å². The first-order valence-corrected chi connectivity index (χ1v) is 11.6. The van der Waals surface area contributed by atoms with Gasteiger partial charge < -0.3 is 14.6 Å². The number of hydrogen-bond acceptors (Lipinski definition) is 3. The molecular weight excluding hydrogens is 419 g/mol. The van der Waals surface area contributed by atoms with E-state index in [1.807, 2.05) is 30.3 Å². The third kappa shape index (κ3) is 5.89. The predicted molar refractivity (Wildman–Crippen MR) is 124 cm³/mol. The first kappa shape index (κ1) is 22.8. The van der Waals surface area contributed by atoms with Crippen molar-refractivity contribution in [3.63, 3.8) is 0 Å². The molecule has 3 aromatic rings. The lowest BCUT2D eigenvalue weighted by Crippen LogP contribution is -2.47. The molecular formula is C27H29FN2O3. The number of nitrogens with one attached hydrogen (secondary N) is 1. The summed E-state index contributed by atoms with van der Waals surface area (Å²) in [5.74, 6) is -0.843. The molecule has 1 fully saturated rings. The molecule has 0 saturated heterocycles. The Kier molecular flexibility index (Phi) is 7.55. The third-order valence-corrected chi connectivity index (χ3v) is 6.17. The van der Waals surface area contributed by atoms with Crippen LogP contribution in [0.5, 0.6) is 0 Å². The summed E-state index contributed by atoms with van der Waals surface area (Å²) >= 11 is 0. The van der Waals surface area contributed by atoms with E-state index in [1.54, 1.807) is 24.3 Å². The van der Waals surface area contributed by atoms with E-state index in [4.69, 9.17) is 4.42 Å². The van der Waals surface area contributed by atoms with Crippen LogP contribution < -0.4 is 5.32 Å². The van der Waals surface area contributed by atoms with Crippen LogP contribution in [0.3, 0.4) is 0 Å². The lowest BCUT2D eigenvalue weighted by Gasteiger charge is -2.33. The average molecular weight is 449 g/mol. The quantitative estimate of drug-likeness (QED) is 0.509. The van der Waals surface area contributed by atoms with Crippen molar-refractivity contribution in [2.75, 3.05) is 6.54 Å². The van der Waals surface area contributed by atoms with Gasteiger partial charge in [-0.15, -0.1) is 0 Å². The van der Waals surface area contributed by atoms with Gasteiger partial charge in [-0.3, -0.25) is 9.59 Å². The molecule has 4 rings (SSSR count). The lowest BCUT2D eigenvalue weighted by atomic mass is 9.94. The van der Waals surface area contributed by atoms with Crippen LogP contribution in [-0.2, 0) is 11.2 Å². The maximum Gasteiger partial charge on any atom is 0.290 e. The van der Waals surface area contributed by atoms with Gasteiger partial charge in [0.05, 0.1) is 6.26 Å². The Bertz CT molecular complexity index is 1030. The van der Waals surface area contributed by atoms with Crippen LogP contribution in [0, 0.1) is 5.82 Å². The molecule has 2 amide bonds. The fraction of sp³-hybridized carbons (Fsp3) is 0.333. The van der Waals surface area contributed by atoms with Gasteiger partial charge in [0.25, 0.3) is 5.91 Å². The summed E-state index contributed by atoms with van der Waals surface area (Å²) in [6.45, 7) is 0.309. The van der Waals surface area contributed by atoms with Crippen molar-refractivity contribution in [3.8, 4) is 0 Å². The fourth-order valence-electron chi connectivity index (χ4n) is 4.43. The molecule has 1 N–H and O–H groups in total. The molecule has 0 bridgehead atoms. The molecule has 1 aromatic heterocycles. The van der Waals surface area contributed by atoms with Crippen LogP contribution in [0.15, 0.2) is 77.4 Å². The largest absolute Gasteiger partial charge is 0.459 e.